The molecule has 0 fully saturated rings. The molecule has 15 heteroatoms. The van der Waals surface area contributed by atoms with Gasteiger partial charge in [0.05, 0.1) is 23.2 Å². The minimum atomic E-state index is -5.43. The van der Waals surface area contributed by atoms with Crippen LogP contribution in [-0.2, 0) is 14.0 Å². The average Bonchev–Trinajstić information content (AvgIpc) is 3.06. The number of hydrogen-bond acceptors (Lipinski definition) is 4. The summed E-state index contributed by atoms with van der Waals surface area (Å²) < 4.78 is 62.3. The lowest BCUT2D eigenvalue weighted by molar-refractivity contribution is -0.0504. The van der Waals surface area contributed by atoms with Gasteiger partial charge in [-0.25, -0.2) is 0 Å². The highest BCUT2D eigenvalue weighted by Gasteiger charge is 2.51. The molecule has 0 saturated carbocycles. The first-order valence-corrected chi connectivity index (χ1v) is 34.7. The van der Waals surface area contributed by atoms with E-state index in [1.54, 1.807) is 20.8 Å². The molecule has 0 aromatic rings. The van der Waals surface area contributed by atoms with Crippen LogP contribution in [0.15, 0.2) is 0 Å². The SMILES string of the molecule is CCN(CC)CC.CC[Si](CC)(CC)OS(=O)(=O)C(F)(F)F.CC[Si](CC)(CC)P[Si](CC)(CC)CC.CC[Si](P)(CC)CC.P. The highest BCUT2D eigenvalue weighted by molar-refractivity contribution is 8.07. The molecule has 0 N–H and O–H groups in total. The van der Waals surface area contributed by atoms with Gasteiger partial charge in [-0.05, 0) is 37.8 Å². The van der Waals surface area contributed by atoms with E-state index in [0.29, 0.717) is 18.1 Å². The normalized spacial score (nSPS) is 12.6. The highest BCUT2D eigenvalue weighted by Crippen LogP contribution is 2.49. The van der Waals surface area contributed by atoms with Crippen molar-refractivity contribution in [3.63, 3.8) is 0 Å². The first-order valence-electron chi connectivity index (χ1n) is 18.1. The van der Waals surface area contributed by atoms with Crippen molar-refractivity contribution in [2.24, 2.45) is 0 Å². The van der Waals surface area contributed by atoms with Crippen molar-refractivity contribution in [3.05, 3.63) is 0 Å². The van der Waals surface area contributed by atoms with E-state index in [-0.39, 0.29) is 9.90 Å². The van der Waals surface area contributed by atoms with Crippen molar-refractivity contribution >= 4 is 68.0 Å². The molecule has 2 unspecified atom stereocenters. The summed E-state index contributed by atoms with van der Waals surface area (Å²) in [6.45, 7) is 36.8. The summed E-state index contributed by atoms with van der Waals surface area (Å²) in [6.07, 6.45) is 0. The third-order valence-electron chi connectivity index (χ3n) is 10.5. The number of alkyl halides is 3. The van der Waals surface area contributed by atoms with Crippen LogP contribution in [0.2, 0.25) is 72.5 Å². The Kier molecular flexibility index (Phi) is 36.5. The molecule has 0 aliphatic rings. The second-order valence-corrected chi connectivity index (χ2v) is 46.1. The zero-order chi connectivity index (χ0) is 36.6. The van der Waals surface area contributed by atoms with Gasteiger partial charge < -0.3 is 8.77 Å². The smallest absolute Gasteiger partial charge is 0.308 e. The Bertz CT molecular complexity index is 741. The summed E-state index contributed by atoms with van der Waals surface area (Å²) in [6, 6.07) is 14.5. The Morgan fingerprint density at radius 2 is 0.826 bits per heavy atom. The third kappa shape index (κ3) is 21.9. The van der Waals surface area contributed by atoms with Crippen LogP contribution >= 0.6 is 26.4 Å². The molecule has 0 amide bonds. The first-order chi connectivity index (χ1) is 20.7. The van der Waals surface area contributed by atoms with Gasteiger partial charge in [0, 0.05) is 0 Å². The van der Waals surface area contributed by atoms with Crippen LogP contribution in [0.1, 0.15) is 104 Å². The number of nitrogens with zero attached hydrogens (tertiary/aromatic N) is 1. The second kappa shape index (κ2) is 29.4. The van der Waals surface area contributed by atoms with Gasteiger partial charge >= 0.3 is 15.6 Å². The van der Waals surface area contributed by atoms with Gasteiger partial charge in [-0.3, -0.25) is 0 Å². The summed E-state index contributed by atoms with van der Waals surface area (Å²) in [5.74, 6) is 0. The predicted octanol–water partition coefficient (Wildman–Crippen LogP) is 12.8. The minimum Gasteiger partial charge on any atom is -0.308 e. The maximum Gasteiger partial charge on any atom is 0.522 e. The summed E-state index contributed by atoms with van der Waals surface area (Å²) in [5, 5.41) is 0. The van der Waals surface area contributed by atoms with Crippen molar-refractivity contribution in [3.8, 4) is 0 Å². The third-order valence-corrected chi connectivity index (χ3v) is 53.4. The van der Waals surface area contributed by atoms with Gasteiger partial charge in [0.25, 0.3) is 0 Å². The van der Waals surface area contributed by atoms with Crippen LogP contribution < -0.4 is 0 Å². The molecule has 0 bridgehead atoms. The molecular weight excluding hydrogens is 729 g/mol. The monoisotopic (exact) mass is 809 g/mol. The maximum atomic E-state index is 12.1. The zero-order valence-corrected chi connectivity index (χ0v) is 41.5. The molecule has 46 heavy (non-hydrogen) atoms. The fourth-order valence-corrected chi connectivity index (χ4v) is 43.3. The molecule has 2 atom stereocenters. The molecule has 0 aliphatic carbocycles. The van der Waals surface area contributed by atoms with Crippen LogP contribution in [0.4, 0.5) is 13.2 Å². The van der Waals surface area contributed by atoms with E-state index in [9.17, 15) is 21.6 Å². The first kappa shape index (κ1) is 57.2. The van der Waals surface area contributed by atoms with Crippen molar-refractivity contribution in [1.29, 1.82) is 0 Å². The highest BCUT2D eigenvalue weighted by atomic mass is 32.2. The van der Waals surface area contributed by atoms with Crippen LogP contribution in [0.3, 0.4) is 0 Å². The van der Waals surface area contributed by atoms with E-state index in [4.69, 9.17) is 0 Å². The van der Waals surface area contributed by atoms with Crippen molar-refractivity contribution in [2.75, 3.05) is 19.6 Å². The summed E-state index contributed by atoms with van der Waals surface area (Å²) in [7, 11) is -6.09. The Labute approximate surface area is 298 Å². The molecule has 0 rings (SSSR count). The van der Waals surface area contributed by atoms with Crippen LogP contribution in [0, 0.1) is 0 Å². The Balaban J connectivity index is -0.000000170. The lowest BCUT2D eigenvalue weighted by Crippen LogP contribution is -2.42. The number of halogens is 3. The molecule has 0 radical (unpaired) electrons. The topological polar surface area (TPSA) is 46.6 Å². The quantitative estimate of drug-likeness (QED) is 0.0741. The summed E-state index contributed by atoms with van der Waals surface area (Å²) in [4.78, 5) is 2.38. The lowest BCUT2D eigenvalue weighted by Gasteiger charge is -2.39. The molecule has 0 aromatic carbocycles. The Morgan fingerprint density at radius 3 is 0.935 bits per heavy atom. The predicted molar refractivity (Wildman–Crippen MR) is 227 cm³/mol. The molecule has 286 valence electrons. The number of rotatable bonds is 19. The minimum absolute atomic E-state index is 0. The van der Waals surface area contributed by atoms with Crippen LogP contribution in [0.25, 0.3) is 0 Å². The second-order valence-electron chi connectivity index (χ2n) is 12.1. The molecule has 0 saturated heterocycles. The van der Waals surface area contributed by atoms with Gasteiger partial charge in [-0.15, -0.1) is 16.5 Å². The molecular formula is C31H81F3NO3P3SSi4. The molecule has 0 aromatic heterocycles. The standard InChI is InChI=1S/C12H31PSi2.C7H15F3O3SSi.C6H15N.C6H17PSi.H3P/c1-7-14(8-2,9-3)13-15(10-4,11-5)12-6;1-4-15(5-2,6-3)13-14(11,12)7(8,9)10;1-4-7(5-2)6-3;1-4-8(7,5-2)6-3;/h13H,7-12H2,1-6H3;4-6H2,1-3H3;4-6H2,1-3H3;4-7H2,1-3H3;1H3. The van der Waals surface area contributed by atoms with Gasteiger partial charge in [0.2, 0.25) is 8.32 Å². The van der Waals surface area contributed by atoms with Crippen molar-refractivity contribution < 1.29 is 25.5 Å². The van der Waals surface area contributed by atoms with E-state index in [1.807, 2.05) is 0 Å². The number of hydrogen-bond donors (Lipinski definition) is 0. The Hall–Kier alpha value is 1.82. The lowest BCUT2D eigenvalue weighted by atomic mass is 10.5. The van der Waals surface area contributed by atoms with E-state index in [0.717, 1.165) is 0 Å². The van der Waals surface area contributed by atoms with E-state index in [1.165, 1.54) is 81.7 Å². The van der Waals surface area contributed by atoms with E-state index in [2.05, 4.69) is 101 Å². The maximum absolute atomic E-state index is 12.1. The fraction of sp³-hybridized carbons (Fsp3) is 1.00. The van der Waals surface area contributed by atoms with Crippen LogP contribution in [-0.4, -0.2) is 70.0 Å². The fourth-order valence-electron chi connectivity index (χ4n) is 5.22. The molecule has 0 spiro atoms. The van der Waals surface area contributed by atoms with E-state index >= 15 is 0 Å². The van der Waals surface area contributed by atoms with Crippen molar-refractivity contribution in [2.45, 2.75) is 182 Å². The Morgan fingerprint density at radius 1 is 0.565 bits per heavy atom. The summed E-state index contributed by atoms with van der Waals surface area (Å²) >= 11 is 0. The van der Waals surface area contributed by atoms with Crippen LogP contribution in [0.5, 0.6) is 0 Å². The van der Waals surface area contributed by atoms with Gasteiger partial charge in [-0.2, -0.15) is 31.5 Å². The average molecular weight is 810 g/mol. The van der Waals surface area contributed by atoms with E-state index < -0.39 is 47.2 Å². The molecule has 0 heterocycles. The molecule has 0 aliphatic heterocycles. The van der Waals surface area contributed by atoms with Gasteiger partial charge in [-0.1, -0.05) is 158 Å². The summed E-state index contributed by atoms with van der Waals surface area (Å²) in [5.41, 5.74) is -5.31. The zero-order valence-electron chi connectivity index (χ0n) is 33.1. The van der Waals surface area contributed by atoms with Gasteiger partial charge in [0.1, 0.15) is 0 Å². The largest absolute Gasteiger partial charge is 0.522 e. The van der Waals surface area contributed by atoms with Gasteiger partial charge in [0.15, 0.2) is 0 Å². The molecule has 4 nitrogen and oxygen atoms in total. The van der Waals surface area contributed by atoms with Crippen molar-refractivity contribution in [1.82, 2.24) is 4.90 Å².